The summed E-state index contributed by atoms with van der Waals surface area (Å²) >= 11 is 0. The van der Waals surface area contributed by atoms with Gasteiger partial charge in [0.1, 0.15) is 24.0 Å². The summed E-state index contributed by atoms with van der Waals surface area (Å²) in [4.78, 5) is 0. The topological polar surface area (TPSA) is 29.5 Å². The van der Waals surface area contributed by atoms with Gasteiger partial charge in [0.2, 0.25) is 0 Å². The molecule has 3 rings (SSSR count). The molecule has 1 unspecified atom stereocenters. The summed E-state index contributed by atoms with van der Waals surface area (Å²) in [7, 11) is 0. The van der Waals surface area contributed by atoms with Gasteiger partial charge in [0.05, 0.1) is 6.10 Å². The van der Waals surface area contributed by atoms with Crippen molar-refractivity contribution in [2.45, 2.75) is 25.6 Å². The lowest BCUT2D eigenvalue weighted by atomic mass is 10.1. The summed E-state index contributed by atoms with van der Waals surface area (Å²) in [6, 6.07) is 8.89. The molecule has 0 spiro atoms. The van der Waals surface area contributed by atoms with Crippen molar-refractivity contribution < 1.29 is 18.6 Å². The van der Waals surface area contributed by atoms with Crippen molar-refractivity contribution in [2.75, 3.05) is 0 Å². The number of hydrogen-bond acceptors (Lipinski definition) is 2. The molecule has 0 amide bonds. The van der Waals surface area contributed by atoms with Gasteiger partial charge in [-0.1, -0.05) is 6.07 Å². The SMILES string of the molecule is OC1CCc2cc(OCc3ccc(F)cc3F)ccc21. The first-order chi connectivity index (χ1) is 9.63. The zero-order valence-corrected chi connectivity index (χ0v) is 10.8. The fraction of sp³-hybridized carbons (Fsp3) is 0.250. The highest BCUT2D eigenvalue weighted by Gasteiger charge is 2.20. The molecule has 20 heavy (non-hydrogen) atoms. The summed E-state index contributed by atoms with van der Waals surface area (Å²) in [5.41, 5.74) is 2.31. The maximum atomic E-state index is 13.5. The van der Waals surface area contributed by atoms with Crippen LogP contribution in [0.4, 0.5) is 8.78 Å². The quantitative estimate of drug-likeness (QED) is 0.929. The summed E-state index contributed by atoms with van der Waals surface area (Å²) in [6.45, 7) is 0.0491. The molecule has 2 nitrogen and oxygen atoms in total. The molecule has 1 N–H and O–H groups in total. The van der Waals surface area contributed by atoms with Crippen molar-refractivity contribution >= 4 is 0 Å². The first kappa shape index (κ1) is 13.1. The van der Waals surface area contributed by atoms with E-state index >= 15 is 0 Å². The van der Waals surface area contributed by atoms with Crippen LogP contribution in [-0.2, 0) is 13.0 Å². The number of aliphatic hydroxyl groups is 1. The Kier molecular flexibility index (Phi) is 3.40. The van der Waals surface area contributed by atoms with Crippen LogP contribution in [0, 0.1) is 11.6 Å². The largest absolute Gasteiger partial charge is 0.489 e. The Balaban J connectivity index is 1.73. The van der Waals surface area contributed by atoms with Crippen molar-refractivity contribution in [1.82, 2.24) is 0 Å². The van der Waals surface area contributed by atoms with Gasteiger partial charge in [-0.15, -0.1) is 0 Å². The van der Waals surface area contributed by atoms with Crippen molar-refractivity contribution in [3.63, 3.8) is 0 Å². The molecule has 0 saturated heterocycles. The van der Waals surface area contributed by atoms with Crippen LogP contribution in [0.3, 0.4) is 0 Å². The Hall–Kier alpha value is -1.94. The molecular formula is C16H14F2O2. The zero-order valence-electron chi connectivity index (χ0n) is 10.8. The molecule has 0 fully saturated rings. The van der Waals surface area contributed by atoms with Gasteiger partial charge < -0.3 is 9.84 Å². The summed E-state index contributed by atoms with van der Waals surface area (Å²) in [5.74, 6) is -0.582. The van der Waals surface area contributed by atoms with Crippen LogP contribution in [0.25, 0.3) is 0 Å². The number of benzene rings is 2. The second-order valence-electron chi connectivity index (χ2n) is 4.94. The molecule has 0 saturated carbocycles. The summed E-state index contributed by atoms with van der Waals surface area (Å²) in [5, 5.41) is 9.72. The van der Waals surface area contributed by atoms with E-state index in [1.807, 2.05) is 12.1 Å². The lowest BCUT2D eigenvalue weighted by Crippen LogP contribution is -2.00. The molecule has 0 radical (unpaired) electrons. The molecule has 1 atom stereocenters. The molecule has 1 aliphatic carbocycles. The highest BCUT2D eigenvalue weighted by atomic mass is 19.1. The zero-order chi connectivity index (χ0) is 14.1. The van der Waals surface area contributed by atoms with Gasteiger partial charge in [-0.05, 0) is 48.2 Å². The predicted octanol–water partition coefficient (Wildman–Crippen LogP) is 3.52. The highest BCUT2D eigenvalue weighted by molar-refractivity contribution is 5.40. The Morgan fingerprint density at radius 3 is 2.80 bits per heavy atom. The van der Waals surface area contributed by atoms with Crippen molar-refractivity contribution in [2.24, 2.45) is 0 Å². The molecule has 1 aliphatic rings. The molecule has 2 aromatic carbocycles. The fourth-order valence-electron chi connectivity index (χ4n) is 2.46. The van der Waals surface area contributed by atoms with E-state index in [0.29, 0.717) is 11.3 Å². The number of hydrogen-bond donors (Lipinski definition) is 1. The van der Waals surface area contributed by atoms with Gasteiger partial charge in [0.15, 0.2) is 0 Å². The standard InChI is InChI=1S/C16H14F2O2/c17-12-3-1-11(15(18)8-12)9-20-13-4-5-14-10(7-13)2-6-16(14)19/h1,3-5,7-8,16,19H,2,6,9H2. The second-order valence-corrected chi connectivity index (χ2v) is 4.94. The van der Waals surface area contributed by atoms with E-state index in [2.05, 4.69) is 0 Å². The number of fused-ring (bicyclic) bond motifs is 1. The number of ether oxygens (including phenoxy) is 1. The van der Waals surface area contributed by atoms with Crippen molar-refractivity contribution in [1.29, 1.82) is 0 Å². The average Bonchev–Trinajstić information content (AvgIpc) is 2.79. The van der Waals surface area contributed by atoms with Crippen LogP contribution in [0.2, 0.25) is 0 Å². The minimum absolute atomic E-state index is 0.0491. The van der Waals surface area contributed by atoms with Gasteiger partial charge in [0, 0.05) is 11.6 Å². The number of rotatable bonds is 3. The average molecular weight is 276 g/mol. The van der Waals surface area contributed by atoms with E-state index in [1.54, 1.807) is 6.07 Å². The normalized spacial score (nSPS) is 17.1. The van der Waals surface area contributed by atoms with Gasteiger partial charge in [0.25, 0.3) is 0 Å². The first-order valence-electron chi connectivity index (χ1n) is 6.51. The molecule has 104 valence electrons. The van der Waals surface area contributed by atoms with Crippen LogP contribution in [0.5, 0.6) is 5.75 Å². The highest BCUT2D eigenvalue weighted by Crippen LogP contribution is 2.33. The Morgan fingerprint density at radius 1 is 1.15 bits per heavy atom. The molecule has 0 bridgehead atoms. The van der Waals surface area contributed by atoms with Crippen LogP contribution < -0.4 is 4.74 Å². The van der Waals surface area contributed by atoms with E-state index < -0.39 is 17.7 Å². The molecule has 0 aromatic heterocycles. The van der Waals surface area contributed by atoms with E-state index in [1.165, 1.54) is 12.1 Å². The van der Waals surface area contributed by atoms with E-state index in [-0.39, 0.29) is 6.61 Å². The molecule has 2 aromatic rings. The smallest absolute Gasteiger partial charge is 0.132 e. The minimum Gasteiger partial charge on any atom is -0.489 e. The summed E-state index contributed by atoms with van der Waals surface area (Å²) < 4.78 is 31.8. The Morgan fingerprint density at radius 2 is 2.00 bits per heavy atom. The minimum atomic E-state index is -0.610. The van der Waals surface area contributed by atoms with Crippen LogP contribution in [-0.4, -0.2) is 5.11 Å². The predicted molar refractivity (Wildman–Crippen MR) is 70.4 cm³/mol. The maximum absolute atomic E-state index is 13.5. The lowest BCUT2D eigenvalue weighted by molar-refractivity contribution is 0.180. The summed E-state index contributed by atoms with van der Waals surface area (Å²) in [6.07, 6.45) is 1.15. The molecule has 4 heteroatoms. The van der Waals surface area contributed by atoms with E-state index in [9.17, 15) is 13.9 Å². The van der Waals surface area contributed by atoms with E-state index in [4.69, 9.17) is 4.74 Å². The van der Waals surface area contributed by atoms with Crippen LogP contribution in [0.1, 0.15) is 29.2 Å². The third-order valence-corrected chi connectivity index (χ3v) is 3.57. The Bertz CT molecular complexity index is 640. The number of aliphatic hydroxyl groups excluding tert-OH is 1. The van der Waals surface area contributed by atoms with Gasteiger partial charge in [-0.2, -0.15) is 0 Å². The Labute approximate surface area is 115 Å². The van der Waals surface area contributed by atoms with Gasteiger partial charge >= 0.3 is 0 Å². The second kappa shape index (κ2) is 5.21. The van der Waals surface area contributed by atoms with Gasteiger partial charge in [-0.3, -0.25) is 0 Å². The van der Waals surface area contributed by atoms with Crippen molar-refractivity contribution in [3.05, 3.63) is 64.7 Å². The lowest BCUT2D eigenvalue weighted by Gasteiger charge is -2.09. The van der Waals surface area contributed by atoms with Crippen LogP contribution >= 0.6 is 0 Å². The van der Waals surface area contributed by atoms with Crippen LogP contribution in [0.15, 0.2) is 36.4 Å². The van der Waals surface area contributed by atoms with E-state index in [0.717, 1.165) is 30.0 Å². The molecular weight excluding hydrogens is 262 g/mol. The maximum Gasteiger partial charge on any atom is 0.132 e. The third kappa shape index (κ3) is 2.51. The number of halogens is 2. The molecule has 0 aliphatic heterocycles. The fourth-order valence-corrected chi connectivity index (χ4v) is 2.46. The number of aryl methyl sites for hydroxylation is 1. The van der Waals surface area contributed by atoms with Crippen molar-refractivity contribution in [3.8, 4) is 5.75 Å². The van der Waals surface area contributed by atoms with Gasteiger partial charge in [-0.25, -0.2) is 8.78 Å². The first-order valence-corrected chi connectivity index (χ1v) is 6.51. The third-order valence-electron chi connectivity index (χ3n) is 3.57. The monoisotopic (exact) mass is 276 g/mol. The molecule has 0 heterocycles.